The summed E-state index contributed by atoms with van der Waals surface area (Å²) < 4.78 is 9.89. The van der Waals surface area contributed by atoms with Crippen molar-refractivity contribution in [2.24, 2.45) is 0 Å². The number of hydrogen-bond donors (Lipinski definition) is 0. The van der Waals surface area contributed by atoms with E-state index in [1.165, 1.54) is 52.8 Å². The van der Waals surface area contributed by atoms with Crippen LogP contribution in [0.4, 0.5) is 0 Å². The minimum Gasteiger partial charge on any atom is -0.310 e. The van der Waals surface area contributed by atoms with Gasteiger partial charge in [0.25, 0.3) is 0 Å². The van der Waals surface area contributed by atoms with Crippen molar-refractivity contribution in [3.8, 4) is 17.1 Å². The van der Waals surface area contributed by atoms with E-state index in [1.54, 1.807) is 0 Å². The first-order valence-electron chi connectivity index (χ1n) is 19.1. The van der Waals surface area contributed by atoms with Gasteiger partial charge in [-0.2, -0.15) is 0 Å². The zero-order valence-corrected chi connectivity index (χ0v) is 31.1. The summed E-state index contributed by atoms with van der Waals surface area (Å²) in [5.74, 6) is 0. The number of thiophene rings is 1. The van der Waals surface area contributed by atoms with Gasteiger partial charge in [-0.3, -0.25) is 0 Å². The molecule has 0 aliphatic rings. The van der Waals surface area contributed by atoms with Gasteiger partial charge in [0.15, 0.2) is 0 Å². The summed E-state index contributed by atoms with van der Waals surface area (Å²) in [4.78, 5) is 0. The van der Waals surface area contributed by atoms with E-state index in [2.05, 4.69) is 214 Å². The third-order valence-corrected chi connectivity index (χ3v) is 12.6. The molecular formula is C52H33N3S. The monoisotopic (exact) mass is 731 g/mol. The highest BCUT2D eigenvalue weighted by Gasteiger charge is 2.18. The Morgan fingerprint density at radius 2 is 0.821 bits per heavy atom. The molecule has 3 heterocycles. The molecule has 0 saturated heterocycles. The van der Waals surface area contributed by atoms with Crippen molar-refractivity contribution in [2.75, 3.05) is 0 Å². The molecule has 8 bridgehead atoms. The van der Waals surface area contributed by atoms with Gasteiger partial charge in [-0.05, 0) is 107 Å². The summed E-state index contributed by atoms with van der Waals surface area (Å²) >= 11 is 1.86. The van der Waals surface area contributed by atoms with Gasteiger partial charge in [0.05, 0.1) is 22.4 Å². The lowest BCUT2D eigenvalue weighted by Crippen LogP contribution is -2.02. The van der Waals surface area contributed by atoms with E-state index in [9.17, 15) is 0 Å². The van der Waals surface area contributed by atoms with Crippen LogP contribution in [0.1, 0.15) is 0 Å². The van der Waals surface area contributed by atoms with Crippen LogP contribution in [0, 0.1) is 0 Å². The SMILES string of the molecule is c1ccc(-n2c3ccccc3c3cccc(-n4c5cccc(c5)c5cccc(c5)n(-c5cccc6ccccc56)c5ccc6sc7ccc4cc7c6c5)c32)cc1. The molecule has 0 N–H and O–H groups in total. The number of aromatic nitrogens is 3. The summed E-state index contributed by atoms with van der Waals surface area (Å²) in [6.45, 7) is 0. The number of benzene rings is 9. The van der Waals surface area contributed by atoms with Gasteiger partial charge in [0, 0.05) is 64.1 Å². The molecule has 0 amide bonds. The molecule has 0 spiro atoms. The van der Waals surface area contributed by atoms with Crippen LogP contribution in [0.2, 0.25) is 0 Å². The molecule has 3 aromatic heterocycles. The van der Waals surface area contributed by atoms with E-state index in [0.717, 1.165) is 49.9 Å². The molecule has 0 unspecified atom stereocenters. The number of fused-ring (bicyclic) bond motifs is 11. The van der Waals surface area contributed by atoms with Gasteiger partial charge in [0.2, 0.25) is 0 Å². The van der Waals surface area contributed by atoms with E-state index in [4.69, 9.17) is 0 Å². The van der Waals surface area contributed by atoms with Crippen LogP contribution < -0.4 is 0 Å². The van der Waals surface area contributed by atoms with E-state index in [1.807, 2.05) is 11.3 Å². The molecule has 0 aliphatic carbocycles. The topological polar surface area (TPSA) is 14.8 Å². The second-order valence-electron chi connectivity index (χ2n) is 14.6. The molecule has 0 fully saturated rings. The maximum Gasteiger partial charge on any atom is 0.0782 e. The molecule has 3 nitrogen and oxygen atoms in total. The van der Waals surface area contributed by atoms with E-state index in [0.29, 0.717) is 0 Å². The van der Waals surface area contributed by atoms with Crippen LogP contribution in [-0.4, -0.2) is 13.7 Å². The lowest BCUT2D eigenvalue weighted by molar-refractivity contribution is 1.12. The quantitative estimate of drug-likeness (QED) is 0.172. The standard InChI is InChI=1S/C52H33N3S/c1-2-16-37(17-3-1)55-48-23-7-6-21-43(48)44-22-11-25-49(52(44)55)54-39-19-9-15-36(31-39)35-14-8-18-38(30-35)53(47-24-10-13-34-12-4-5-20-42(34)47)40-26-28-50-45(32-40)46-33-41(54)27-29-51(46)56-50/h1-33H. The molecule has 56 heavy (non-hydrogen) atoms. The highest BCUT2D eigenvalue weighted by atomic mass is 32.1. The van der Waals surface area contributed by atoms with Crippen molar-refractivity contribution in [1.82, 2.24) is 13.7 Å². The molecule has 0 aliphatic heterocycles. The highest BCUT2D eigenvalue weighted by Crippen LogP contribution is 2.40. The zero-order valence-electron chi connectivity index (χ0n) is 30.3. The van der Waals surface area contributed by atoms with Crippen LogP contribution >= 0.6 is 11.3 Å². The van der Waals surface area contributed by atoms with Crippen molar-refractivity contribution in [1.29, 1.82) is 0 Å². The predicted octanol–water partition coefficient (Wildman–Crippen LogP) is 14.5. The Labute approximate surface area is 326 Å². The Hall–Kier alpha value is -7.14. The van der Waals surface area contributed by atoms with Gasteiger partial charge in [-0.1, -0.05) is 109 Å². The van der Waals surface area contributed by atoms with Crippen molar-refractivity contribution in [2.45, 2.75) is 0 Å². The summed E-state index contributed by atoms with van der Waals surface area (Å²) in [6, 6.07) is 73.7. The van der Waals surface area contributed by atoms with Gasteiger partial charge in [-0.25, -0.2) is 0 Å². The predicted molar refractivity (Wildman–Crippen MR) is 240 cm³/mol. The number of hydrogen-bond acceptors (Lipinski definition) is 1. The molecule has 4 heteroatoms. The maximum atomic E-state index is 2.47. The van der Waals surface area contributed by atoms with Gasteiger partial charge in [0.1, 0.15) is 0 Å². The first-order chi connectivity index (χ1) is 27.8. The first kappa shape index (κ1) is 31.2. The first-order valence-corrected chi connectivity index (χ1v) is 19.9. The maximum absolute atomic E-state index is 2.47. The molecule has 262 valence electrons. The van der Waals surface area contributed by atoms with Crippen LogP contribution in [0.15, 0.2) is 200 Å². The average molecular weight is 732 g/mol. The molecule has 12 aromatic rings. The van der Waals surface area contributed by atoms with E-state index in [-0.39, 0.29) is 0 Å². The largest absolute Gasteiger partial charge is 0.310 e. The van der Waals surface area contributed by atoms with Crippen LogP contribution in [0.5, 0.6) is 0 Å². The molecule has 9 aromatic carbocycles. The number of para-hydroxylation sites is 3. The Bertz CT molecular complexity index is 3590. The smallest absolute Gasteiger partial charge is 0.0782 e. The summed E-state index contributed by atoms with van der Waals surface area (Å²) in [5.41, 5.74) is 10.3. The fourth-order valence-electron chi connectivity index (χ4n) is 8.96. The lowest BCUT2D eigenvalue weighted by atomic mass is 10.1. The van der Waals surface area contributed by atoms with Crippen molar-refractivity contribution < 1.29 is 0 Å². The minimum atomic E-state index is 1.10. The van der Waals surface area contributed by atoms with Crippen molar-refractivity contribution in [3.63, 3.8) is 0 Å². The molecular weight excluding hydrogens is 699 g/mol. The van der Waals surface area contributed by atoms with Gasteiger partial charge < -0.3 is 13.7 Å². The van der Waals surface area contributed by atoms with Crippen LogP contribution in [0.3, 0.4) is 0 Å². The molecule has 12 rings (SSSR count). The molecule has 0 atom stereocenters. The van der Waals surface area contributed by atoms with Gasteiger partial charge in [-0.15, -0.1) is 11.3 Å². The fraction of sp³-hybridized carbons (Fsp3) is 0. The normalized spacial score (nSPS) is 11.9. The molecule has 0 radical (unpaired) electrons. The Balaban J connectivity index is 1.28. The van der Waals surface area contributed by atoms with Crippen LogP contribution in [-0.2, 0) is 0 Å². The zero-order chi connectivity index (χ0) is 36.7. The fourth-order valence-corrected chi connectivity index (χ4v) is 10.0. The minimum absolute atomic E-state index is 1.10. The summed E-state index contributed by atoms with van der Waals surface area (Å²) in [7, 11) is 0. The lowest BCUT2D eigenvalue weighted by Gasteiger charge is -2.17. The highest BCUT2D eigenvalue weighted by molar-refractivity contribution is 7.25. The van der Waals surface area contributed by atoms with Crippen molar-refractivity contribution >= 4 is 96.9 Å². The van der Waals surface area contributed by atoms with E-state index < -0.39 is 0 Å². The number of nitrogens with zero attached hydrogens (tertiary/aromatic N) is 3. The Kier molecular flexibility index (Phi) is 6.80. The summed E-state index contributed by atoms with van der Waals surface area (Å²) in [5, 5.41) is 9.75. The third-order valence-electron chi connectivity index (χ3n) is 11.4. The second kappa shape index (κ2) is 12.2. The third kappa shape index (κ3) is 4.70. The van der Waals surface area contributed by atoms with Crippen LogP contribution in [0.25, 0.3) is 103 Å². The number of rotatable bonds is 3. The molecule has 0 saturated carbocycles. The van der Waals surface area contributed by atoms with Crippen molar-refractivity contribution in [3.05, 3.63) is 200 Å². The van der Waals surface area contributed by atoms with E-state index >= 15 is 0 Å². The second-order valence-corrected chi connectivity index (χ2v) is 15.7. The average Bonchev–Trinajstić information content (AvgIpc) is 3.80. The Morgan fingerprint density at radius 3 is 1.55 bits per heavy atom. The Morgan fingerprint density at radius 1 is 0.304 bits per heavy atom. The van der Waals surface area contributed by atoms with Gasteiger partial charge >= 0.3 is 0 Å². The summed E-state index contributed by atoms with van der Waals surface area (Å²) in [6.07, 6.45) is 0.